The van der Waals surface area contributed by atoms with Gasteiger partial charge in [0.25, 0.3) is 0 Å². The van der Waals surface area contributed by atoms with Crippen molar-refractivity contribution in [2.24, 2.45) is 0 Å². The first-order chi connectivity index (χ1) is 25.2. The summed E-state index contributed by atoms with van der Waals surface area (Å²) in [4.78, 5) is 4.17. The SMILES string of the molecule is COc1cc(/C=C/c2cccc(/C=C/c3cc(OC)c(/C=C/c4ccc(N(C)C)cc4)cc3OC)c2)c(OC)cc1/C=C/c1ccc(N(C)C)cc1. The number of anilines is 2. The second-order valence-electron chi connectivity index (χ2n) is 12.6. The highest BCUT2D eigenvalue weighted by molar-refractivity contribution is 5.82. The molecule has 0 aliphatic rings. The first-order valence-electron chi connectivity index (χ1n) is 17.1. The van der Waals surface area contributed by atoms with Crippen molar-refractivity contribution in [3.05, 3.63) is 142 Å². The average Bonchev–Trinajstić information content (AvgIpc) is 3.17. The van der Waals surface area contributed by atoms with Crippen molar-refractivity contribution >= 4 is 60.0 Å². The minimum atomic E-state index is 0.761. The molecule has 0 fully saturated rings. The molecule has 0 saturated heterocycles. The van der Waals surface area contributed by atoms with Crippen LogP contribution in [-0.2, 0) is 0 Å². The monoisotopic (exact) mass is 692 g/mol. The summed E-state index contributed by atoms with van der Waals surface area (Å²) >= 11 is 0. The molecule has 0 amide bonds. The van der Waals surface area contributed by atoms with Gasteiger partial charge in [-0.1, -0.05) is 91.1 Å². The van der Waals surface area contributed by atoms with Gasteiger partial charge in [0.05, 0.1) is 28.4 Å². The van der Waals surface area contributed by atoms with E-state index < -0.39 is 0 Å². The van der Waals surface area contributed by atoms with E-state index in [1.54, 1.807) is 28.4 Å². The molecule has 5 aromatic rings. The minimum absolute atomic E-state index is 0.761. The lowest BCUT2D eigenvalue weighted by Gasteiger charge is -2.12. The number of rotatable bonds is 14. The average molecular weight is 693 g/mol. The van der Waals surface area contributed by atoms with Crippen molar-refractivity contribution in [3.63, 3.8) is 0 Å². The Kier molecular flexibility index (Phi) is 12.6. The zero-order chi connectivity index (χ0) is 37.0. The first-order valence-corrected chi connectivity index (χ1v) is 17.1. The molecule has 0 bridgehead atoms. The summed E-state index contributed by atoms with van der Waals surface area (Å²) in [6.45, 7) is 0. The predicted molar refractivity (Wildman–Crippen MR) is 223 cm³/mol. The van der Waals surface area contributed by atoms with Gasteiger partial charge >= 0.3 is 0 Å². The second-order valence-corrected chi connectivity index (χ2v) is 12.6. The van der Waals surface area contributed by atoms with E-state index in [9.17, 15) is 0 Å². The van der Waals surface area contributed by atoms with Crippen LogP contribution in [-0.4, -0.2) is 56.6 Å². The van der Waals surface area contributed by atoms with Crippen molar-refractivity contribution < 1.29 is 18.9 Å². The lowest BCUT2D eigenvalue weighted by atomic mass is 10.0. The fourth-order valence-electron chi connectivity index (χ4n) is 5.69. The van der Waals surface area contributed by atoms with Crippen LogP contribution in [0.25, 0.3) is 48.6 Å². The van der Waals surface area contributed by atoms with Crippen LogP contribution in [0.1, 0.15) is 44.5 Å². The highest BCUT2D eigenvalue weighted by Crippen LogP contribution is 2.33. The highest BCUT2D eigenvalue weighted by atomic mass is 16.5. The predicted octanol–water partition coefficient (Wildman–Crippen LogP) is 10.5. The van der Waals surface area contributed by atoms with Crippen LogP contribution < -0.4 is 28.7 Å². The van der Waals surface area contributed by atoms with Crippen LogP contribution in [0.4, 0.5) is 11.4 Å². The maximum absolute atomic E-state index is 5.79. The Morgan fingerprint density at radius 1 is 0.346 bits per heavy atom. The van der Waals surface area contributed by atoms with Crippen molar-refractivity contribution in [1.29, 1.82) is 0 Å². The Hall–Kier alpha value is -6.14. The number of hydrogen-bond donors (Lipinski definition) is 0. The quantitative estimate of drug-likeness (QED) is 0.108. The van der Waals surface area contributed by atoms with Crippen LogP contribution >= 0.6 is 0 Å². The normalized spacial score (nSPS) is 11.5. The topological polar surface area (TPSA) is 43.4 Å². The Labute approximate surface area is 309 Å². The Balaban J connectivity index is 1.33. The minimum Gasteiger partial charge on any atom is -0.496 e. The van der Waals surface area contributed by atoms with E-state index in [1.165, 1.54) is 0 Å². The molecule has 0 spiro atoms. The van der Waals surface area contributed by atoms with Crippen molar-refractivity contribution in [2.75, 3.05) is 66.4 Å². The largest absolute Gasteiger partial charge is 0.496 e. The van der Waals surface area contributed by atoms with Crippen LogP contribution in [0, 0.1) is 0 Å². The lowest BCUT2D eigenvalue weighted by Crippen LogP contribution is -2.07. The van der Waals surface area contributed by atoms with Gasteiger partial charge in [0.2, 0.25) is 0 Å². The van der Waals surface area contributed by atoms with E-state index in [0.29, 0.717) is 0 Å². The molecule has 0 heterocycles. The second kappa shape index (κ2) is 17.7. The van der Waals surface area contributed by atoms with E-state index in [0.717, 1.165) is 78.9 Å². The number of nitrogens with zero attached hydrogens (tertiary/aromatic N) is 2. The maximum Gasteiger partial charge on any atom is 0.126 e. The van der Waals surface area contributed by atoms with Gasteiger partial charge in [0.1, 0.15) is 23.0 Å². The van der Waals surface area contributed by atoms with E-state index in [2.05, 4.69) is 113 Å². The molecule has 5 aromatic carbocycles. The molecule has 6 heteroatoms. The van der Waals surface area contributed by atoms with E-state index in [4.69, 9.17) is 18.9 Å². The smallest absolute Gasteiger partial charge is 0.126 e. The molecule has 0 radical (unpaired) electrons. The summed E-state index contributed by atoms with van der Waals surface area (Å²) in [5.74, 6) is 3.06. The summed E-state index contributed by atoms with van der Waals surface area (Å²) in [5, 5.41) is 0. The van der Waals surface area contributed by atoms with Gasteiger partial charge < -0.3 is 28.7 Å². The van der Waals surface area contributed by atoms with Gasteiger partial charge in [-0.15, -0.1) is 0 Å². The molecule has 0 unspecified atom stereocenters. The molecule has 52 heavy (non-hydrogen) atoms. The van der Waals surface area contributed by atoms with E-state index >= 15 is 0 Å². The molecule has 266 valence electrons. The number of hydrogen-bond acceptors (Lipinski definition) is 6. The molecule has 0 aliphatic heterocycles. The molecule has 6 nitrogen and oxygen atoms in total. The third kappa shape index (κ3) is 9.55. The molecule has 0 N–H and O–H groups in total. The van der Waals surface area contributed by atoms with Crippen molar-refractivity contribution in [3.8, 4) is 23.0 Å². The fourth-order valence-corrected chi connectivity index (χ4v) is 5.69. The van der Waals surface area contributed by atoms with Crippen molar-refractivity contribution in [2.45, 2.75) is 0 Å². The molecule has 0 aliphatic carbocycles. The van der Waals surface area contributed by atoms with Gasteiger partial charge in [-0.3, -0.25) is 0 Å². The Bertz CT molecular complexity index is 1930. The van der Waals surface area contributed by atoms with Crippen LogP contribution in [0.2, 0.25) is 0 Å². The Morgan fingerprint density at radius 3 is 0.904 bits per heavy atom. The van der Waals surface area contributed by atoms with Crippen LogP contribution in [0.3, 0.4) is 0 Å². The van der Waals surface area contributed by atoms with Gasteiger partial charge in [-0.2, -0.15) is 0 Å². The lowest BCUT2D eigenvalue weighted by molar-refractivity contribution is 0.401. The van der Waals surface area contributed by atoms with Gasteiger partial charge in [0, 0.05) is 61.8 Å². The highest BCUT2D eigenvalue weighted by Gasteiger charge is 2.10. The summed E-state index contributed by atoms with van der Waals surface area (Å²) < 4.78 is 23.1. The maximum atomic E-state index is 5.79. The molecule has 0 aromatic heterocycles. The van der Waals surface area contributed by atoms with Gasteiger partial charge in [-0.05, 0) is 76.9 Å². The van der Waals surface area contributed by atoms with Crippen LogP contribution in [0.5, 0.6) is 23.0 Å². The molecular weight excluding hydrogens is 645 g/mol. The third-order valence-electron chi connectivity index (χ3n) is 8.72. The molecule has 5 rings (SSSR count). The van der Waals surface area contributed by atoms with E-state index in [1.807, 2.05) is 70.7 Å². The van der Waals surface area contributed by atoms with Gasteiger partial charge in [0.15, 0.2) is 0 Å². The fraction of sp³-hybridized carbons (Fsp3) is 0.174. The molecular formula is C46H48N2O4. The molecule has 0 atom stereocenters. The summed E-state index contributed by atoms with van der Waals surface area (Å²) in [5.41, 5.74) is 10.3. The van der Waals surface area contributed by atoms with E-state index in [-0.39, 0.29) is 0 Å². The zero-order valence-corrected chi connectivity index (χ0v) is 31.4. The van der Waals surface area contributed by atoms with Gasteiger partial charge in [-0.25, -0.2) is 0 Å². The summed E-state index contributed by atoms with van der Waals surface area (Å²) in [7, 11) is 14.9. The molecule has 0 saturated carbocycles. The van der Waals surface area contributed by atoms with Crippen LogP contribution in [0.15, 0.2) is 97.1 Å². The number of benzene rings is 5. The standard InChI is InChI=1S/C46H48N2O4/c1-47(2)41-24-16-33(17-25-41)12-20-37-29-45(51-7)39(31-43(37)49-5)22-14-35-10-9-11-36(28-35)15-23-40-32-44(50-6)38(30-46(40)52-8)21-13-34-18-26-42(27-19-34)48(3)4/h9-32H,1-8H3/b20-12+,21-13+,22-14+,23-15+. The zero-order valence-electron chi connectivity index (χ0n) is 31.4. The number of methoxy groups -OCH3 is 4. The third-order valence-corrected chi connectivity index (χ3v) is 8.72. The summed E-state index contributed by atoms with van der Waals surface area (Å²) in [6, 6.07) is 33.2. The number of ether oxygens (including phenoxy) is 4. The first kappa shape index (κ1) is 37.1. The Morgan fingerprint density at radius 2 is 0.635 bits per heavy atom. The summed E-state index contributed by atoms with van der Waals surface area (Å²) in [6.07, 6.45) is 16.5. The van der Waals surface area contributed by atoms with Crippen molar-refractivity contribution in [1.82, 2.24) is 0 Å².